The molecule has 0 aliphatic carbocycles. The second kappa shape index (κ2) is 11.8. The van der Waals surface area contributed by atoms with Gasteiger partial charge in [-0.05, 0) is 25.1 Å². The van der Waals surface area contributed by atoms with Gasteiger partial charge in [0.1, 0.15) is 65.2 Å². The van der Waals surface area contributed by atoms with Crippen LogP contribution < -0.4 is 10.2 Å². The van der Waals surface area contributed by atoms with E-state index in [1.807, 2.05) is 0 Å². The molecule has 0 radical (unpaired) electrons. The topological polar surface area (TPSA) is 269 Å². The van der Waals surface area contributed by atoms with E-state index in [9.17, 15) is 55.9 Å². The second-order valence-corrected chi connectivity index (χ2v) is 10.3. The summed E-state index contributed by atoms with van der Waals surface area (Å²) >= 11 is 0. The highest BCUT2D eigenvalue weighted by atomic mass is 16.7. The highest BCUT2D eigenvalue weighted by Crippen LogP contribution is 2.39. The lowest BCUT2D eigenvalue weighted by molar-refractivity contribution is -0.318. The third-order valence-electron chi connectivity index (χ3n) is 7.29. The van der Waals surface area contributed by atoms with Crippen molar-refractivity contribution < 1.29 is 74.4 Å². The summed E-state index contributed by atoms with van der Waals surface area (Å²) < 4.78 is 27.8. The van der Waals surface area contributed by atoms with Crippen LogP contribution in [0.15, 0.2) is 39.5 Å². The highest BCUT2D eigenvalue weighted by molar-refractivity contribution is 5.88. The van der Waals surface area contributed by atoms with Gasteiger partial charge in [-0.25, -0.2) is 0 Å². The lowest BCUT2D eigenvalue weighted by Crippen LogP contribution is -2.61. The van der Waals surface area contributed by atoms with Gasteiger partial charge in [0, 0.05) is 17.7 Å². The molecule has 234 valence electrons. The van der Waals surface area contributed by atoms with Crippen LogP contribution in [0.25, 0.3) is 22.3 Å². The fourth-order valence-electron chi connectivity index (χ4n) is 4.84. The molecule has 2 fully saturated rings. The first-order chi connectivity index (χ1) is 20.3. The number of hydrogen-bond donors (Lipinski definition) is 10. The lowest BCUT2D eigenvalue weighted by Gasteiger charge is -2.42. The van der Waals surface area contributed by atoms with Gasteiger partial charge in [0.05, 0.1) is 12.7 Å². The summed E-state index contributed by atoms with van der Waals surface area (Å²) in [6.45, 7) is 0.818. The first kappa shape index (κ1) is 30.7. The summed E-state index contributed by atoms with van der Waals surface area (Å²) in [5.41, 5.74) is -1.35. The molecule has 3 aromatic rings. The molecule has 2 saturated heterocycles. The number of aliphatic hydroxyl groups excluding tert-OH is 6. The molecule has 10 atom stereocenters. The van der Waals surface area contributed by atoms with E-state index in [1.54, 1.807) is 0 Å². The molecule has 16 heteroatoms. The van der Waals surface area contributed by atoms with Crippen molar-refractivity contribution in [1.82, 2.24) is 0 Å². The Labute approximate surface area is 241 Å². The molecule has 0 spiro atoms. The Hall–Kier alpha value is -3.71. The predicted molar refractivity (Wildman–Crippen MR) is 140 cm³/mol. The van der Waals surface area contributed by atoms with E-state index in [0.717, 1.165) is 24.3 Å². The minimum Gasteiger partial charge on any atom is -0.508 e. The van der Waals surface area contributed by atoms with Crippen LogP contribution >= 0.6 is 0 Å². The number of phenols is 4. The summed E-state index contributed by atoms with van der Waals surface area (Å²) in [4.78, 5) is 13.6. The number of ether oxygens (including phenoxy) is 4. The third kappa shape index (κ3) is 5.67. The zero-order chi connectivity index (χ0) is 31.3. The van der Waals surface area contributed by atoms with Gasteiger partial charge in [0.25, 0.3) is 0 Å². The lowest BCUT2D eigenvalue weighted by atomic mass is 9.98. The number of fused-ring (bicyclic) bond motifs is 1. The Morgan fingerprint density at radius 1 is 0.744 bits per heavy atom. The Bertz CT molecular complexity index is 1540. The number of rotatable bonds is 6. The molecular formula is C27H30O16. The van der Waals surface area contributed by atoms with Crippen LogP contribution in [-0.4, -0.2) is 119 Å². The number of aliphatic hydroxyl groups is 6. The van der Waals surface area contributed by atoms with Crippen LogP contribution in [-0.2, 0) is 14.2 Å². The van der Waals surface area contributed by atoms with Crippen molar-refractivity contribution in [2.75, 3.05) is 6.61 Å². The Morgan fingerprint density at radius 3 is 2.12 bits per heavy atom. The van der Waals surface area contributed by atoms with Gasteiger partial charge in [-0.2, -0.15) is 0 Å². The minimum absolute atomic E-state index is 0.0313. The highest BCUT2D eigenvalue weighted by Gasteiger charge is 2.47. The maximum absolute atomic E-state index is 13.6. The van der Waals surface area contributed by atoms with Crippen molar-refractivity contribution in [3.63, 3.8) is 0 Å². The normalized spacial score (nSPS) is 33.0. The zero-order valence-electron chi connectivity index (χ0n) is 22.3. The summed E-state index contributed by atoms with van der Waals surface area (Å²) in [6, 6.07) is 5.24. The largest absolute Gasteiger partial charge is 0.508 e. The van der Waals surface area contributed by atoms with E-state index in [4.69, 9.17) is 23.4 Å². The standard InChI is InChI=1S/C27H30O16/c1-8-17(32)20(35)22(37)26(40-8)39-7-15-18(33)21(36)23(38)27(42-15)43-25-19(34)16-13(31)5-10(28)6-14(16)41-24(25)9-2-3-11(29)12(30)4-9/h2-6,8,15,17-18,20-23,26-33,35-38H,7H2,1H3/t8-,15-,17-,18-,20+,21+,22+,23-,26-,27+/m1/s1. The molecule has 5 rings (SSSR count). The van der Waals surface area contributed by atoms with Crippen LogP contribution in [0.3, 0.4) is 0 Å². The fourth-order valence-corrected chi connectivity index (χ4v) is 4.84. The van der Waals surface area contributed by atoms with Crippen LogP contribution in [0.2, 0.25) is 0 Å². The number of benzene rings is 2. The van der Waals surface area contributed by atoms with Gasteiger partial charge >= 0.3 is 0 Å². The monoisotopic (exact) mass is 610 g/mol. The van der Waals surface area contributed by atoms with E-state index in [-0.39, 0.29) is 11.1 Å². The quantitative estimate of drug-likeness (QED) is 0.140. The van der Waals surface area contributed by atoms with E-state index in [1.165, 1.54) is 13.0 Å². The van der Waals surface area contributed by atoms with Crippen molar-refractivity contribution in [2.24, 2.45) is 0 Å². The predicted octanol–water partition coefficient (Wildman–Crippen LogP) is -1.69. The smallest absolute Gasteiger partial charge is 0.239 e. The van der Waals surface area contributed by atoms with Crippen LogP contribution in [0.4, 0.5) is 0 Å². The van der Waals surface area contributed by atoms with Gasteiger partial charge in [0.2, 0.25) is 17.5 Å². The third-order valence-corrected chi connectivity index (χ3v) is 7.29. The van der Waals surface area contributed by atoms with E-state index in [2.05, 4.69) is 0 Å². The van der Waals surface area contributed by atoms with Gasteiger partial charge in [0.15, 0.2) is 23.5 Å². The first-order valence-corrected chi connectivity index (χ1v) is 13.0. The first-order valence-electron chi connectivity index (χ1n) is 13.0. The van der Waals surface area contributed by atoms with Crippen molar-refractivity contribution in [3.8, 4) is 40.1 Å². The summed E-state index contributed by atoms with van der Waals surface area (Å²) in [5.74, 6) is -3.33. The maximum atomic E-state index is 13.6. The molecule has 2 aromatic carbocycles. The summed E-state index contributed by atoms with van der Waals surface area (Å²) in [7, 11) is 0. The average molecular weight is 611 g/mol. The molecule has 0 bridgehead atoms. The van der Waals surface area contributed by atoms with Crippen molar-refractivity contribution >= 4 is 11.0 Å². The summed E-state index contributed by atoms with van der Waals surface area (Å²) in [5, 5.41) is 101. The molecule has 43 heavy (non-hydrogen) atoms. The fraction of sp³-hybridized carbons (Fsp3) is 0.444. The Balaban J connectivity index is 1.48. The molecule has 16 nitrogen and oxygen atoms in total. The van der Waals surface area contributed by atoms with Gasteiger partial charge in [-0.1, -0.05) is 0 Å². The van der Waals surface area contributed by atoms with Crippen LogP contribution in [0.1, 0.15) is 6.92 Å². The van der Waals surface area contributed by atoms with E-state index >= 15 is 0 Å². The molecule has 0 unspecified atom stereocenters. The van der Waals surface area contributed by atoms with Gasteiger partial charge < -0.3 is 74.4 Å². The SMILES string of the molecule is C[C@H]1O[C@@H](OC[C@H]2O[C@@H](Oc3c(-c4ccc(O)c(O)c4)oc4cc(O)cc(O)c4c3=O)[C@H](O)[C@@H](O)[C@@H]2O)[C@@H](O)[C@@H](O)[C@@H]1O. The van der Waals surface area contributed by atoms with Crippen molar-refractivity contribution in [2.45, 2.75) is 68.3 Å². The Morgan fingerprint density at radius 2 is 1.42 bits per heavy atom. The van der Waals surface area contributed by atoms with Crippen molar-refractivity contribution in [1.29, 1.82) is 0 Å². The van der Waals surface area contributed by atoms with E-state index < -0.39 is 113 Å². The van der Waals surface area contributed by atoms with Gasteiger partial charge in [-0.3, -0.25) is 4.79 Å². The molecule has 2 aliphatic rings. The molecule has 0 amide bonds. The average Bonchev–Trinajstić information content (AvgIpc) is 2.96. The summed E-state index contributed by atoms with van der Waals surface area (Å²) in [6.07, 6.45) is -16.2. The number of aromatic hydroxyl groups is 4. The number of hydrogen-bond acceptors (Lipinski definition) is 16. The molecule has 0 saturated carbocycles. The molecule has 1 aromatic heterocycles. The Kier molecular flexibility index (Phi) is 8.41. The molecule has 3 heterocycles. The van der Waals surface area contributed by atoms with Crippen molar-refractivity contribution in [3.05, 3.63) is 40.6 Å². The molecule has 10 N–H and O–H groups in total. The second-order valence-electron chi connectivity index (χ2n) is 10.3. The number of phenolic OH excluding ortho intramolecular Hbond substituents is 4. The molecule has 2 aliphatic heterocycles. The zero-order valence-corrected chi connectivity index (χ0v) is 22.3. The molecular weight excluding hydrogens is 580 g/mol. The maximum Gasteiger partial charge on any atom is 0.239 e. The van der Waals surface area contributed by atoms with Crippen LogP contribution in [0.5, 0.6) is 28.7 Å². The van der Waals surface area contributed by atoms with Crippen LogP contribution in [0, 0.1) is 0 Å². The van der Waals surface area contributed by atoms with E-state index in [0.29, 0.717) is 0 Å². The van der Waals surface area contributed by atoms with Gasteiger partial charge in [-0.15, -0.1) is 0 Å². The minimum atomic E-state index is -1.97.